The van der Waals surface area contributed by atoms with Gasteiger partial charge in [-0.1, -0.05) is 19.8 Å². The van der Waals surface area contributed by atoms with Gasteiger partial charge in [-0.3, -0.25) is 4.79 Å². The van der Waals surface area contributed by atoms with Gasteiger partial charge in [0.2, 0.25) is 0 Å². The SMILES string of the molecule is CCCn1c(C)nnc1C1(C(=O)OCC)CCCC1. The van der Waals surface area contributed by atoms with Crippen LogP contribution in [0.3, 0.4) is 0 Å². The number of carbonyl (C=O) groups is 1. The van der Waals surface area contributed by atoms with E-state index in [9.17, 15) is 4.79 Å². The molecule has 1 heterocycles. The highest BCUT2D eigenvalue weighted by Gasteiger charge is 2.48. The summed E-state index contributed by atoms with van der Waals surface area (Å²) in [4.78, 5) is 12.4. The Kier molecular flexibility index (Phi) is 4.22. The molecule has 1 fully saturated rings. The molecule has 2 rings (SSSR count). The Hall–Kier alpha value is -1.39. The summed E-state index contributed by atoms with van der Waals surface area (Å²) in [6.45, 7) is 7.19. The van der Waals surface area contributed by atoms with Crippen molar-refractivity contribution in [2.45, 2.75) is 64.8 Å². The van der Waals surface area contributed by atoms with Crippen molar-refractivity contribution in [2.24, 2.45) is 0 Å². The van der Waals surface area contributed by atoms with Crippen molar-refractivity contribution in [2.75, 3.05) is 6.61 Å². The lowest BCUT2D eigenvalue weighted by atomic mass is 9.85. The minimum atomic E-state index is -0.563. The number of aryl methyl sites for hydroxylation is 1. The van der Waals surface area contributed by atoms with Crippen LogP contribution in [0.2, 0.25) is 0 Å². The van der Waals surface area contributed by atoms with E-state index in [1.165, 1.54) is 0 Å². The summed E-state index contributed by atoms with van der Waals surface area (Å²) in [5, 5.41) is 8.48. The summed E-state index contributed by atoms with van der Waals surface area (Å²) in [5.74, 6) is 1.56. The molecule has 19 heavy (non-hydrogen) atoms. The largest absolute Gasteiger partial charge is 0.465 e. The van der Waals surface area contributed by atoms with Gasteiger partial charge >= 0.3 is 5.97 Å². The molecule has 0 radical (unpaired) electrons. The van der Waals surface area contributed by atoms with Gasteiger partial charge in [0.1, 0.15) is 11.2 Å². The molecule has 0 spiro atoms. The van der Waals surface area contributed by atoms with Crippen molar-refractivity contribution in [3.8, 4) is 0 Å². The lowest BCUT2D eigenvalue weighted by Gasteiger charge is -2.26. The fraction of sp³-hybridized carbons (Fsp3) is 0.786. The van der Waals surface area contributed by atoms with E-state index in [0.717, 1.165) is 50.3 Å². The molecule has 0 aliphatic heterocycles. The Labute approximate surface area is 114 Å². The third-order valence-corrected chi connectivity index (χ3v) is 3.93. The predicted octanol–water partition coefficient (Wildman–Crippen LogP) is 2.37. The molecule has 5 heteroatoms. The zero-order valence-electron chi connectivity index (χ0n) is 12.1. The van der Waals surface area contributed by atoms with Gasteiger partial charge in [0.25, 0.3) is 0 Å². The van der Waals surface area contributed by atoms with Gasteiger partial charge in [-0.2, -0.15) is 0 Å². The van der Waals surface area contributed by atoms with E-state index in [1.54, 1.807) is 0 Å². The molecule has 106 valence electrons. The second kappa shape index (κ2) is 5.72. The highest BCUT2D eigenvalue weighted by atomic mass is 16.5. The first-order valence-corrected chi connectivity index (χ1v) is 7.23. The molecule has 1 aromatic rings. The Morgan fingerprint density at radius 1 is 1.32 bits per heavy atom. The molecule has 0 saturated heterocycles. The minimum Gasteiger partial charge on any atom is -0.465 e. The smallest absolute Gasteiger partial charge is 0.319 e. The van der Waals surface area contributed by atoms with Crippen molar-refractivity contribution in [3.63, 3.8) is 0 Å². The van der Waals surface area contributed by atoms with Crippen molar-refractivity contribution >= 4 is 5.97 Å². The molecule has 1 aromatic heterocycles. The summed E-state index contributed by atoms with van der Waals surface area (Å²) in [6.07, 6.45) is 4.76. The molecule has 0 N–H and O–H groups in total. The van der Waals surface area contributed by atoms with Gasteiger partial charge < -0.3 is 9.30 Å². The van der Waals surface area contributed by atoms with Gasteiger partial charge in [0.15, 0.2) is 5.82 Å². The number of carbonyl (C=O) groups excluding carboxylic acids is 1. The van der Waals surface area contributed by atoms with Crippen LogP contribution in [-0.4, -0.2) is 27.3 Å². The summed E-state index contributed by atoms with van der Waals surface area (Å²) >= 11 is 0. The number of ether oxygens (including phenoxy) is 1. The molecule has 0 bridgehead atoms. The third-order valence-electron chi connectivity index (χ3n) is 3.93. The highest BCUT2D eigenvalue weighted by molar-refractivity contribution is 5.82. The van der Waals surface area contributed by atoms with Crippen LogP contribution in [-0.2, 0) is 21.5 Å². The Balaban J connectivity index is 2.42. The van der Waals surface area contributed by atoms with Crippen LogP contribution in [0.5, 0.6) is 0 Å². The standard InChI is InChI=1S/C14H23N3O2/c1-4-10-17-11(3)15-16-12(17)14(8-6-7-9-14)13(18)19-5-2/h4-10H2,1-3H3. The minimum absolute atomic E-state index is 0.128. The molecule has 1 aliphatic carbocycles. The van der Waals surface area contributed by atoms with Crippen LogP contribution >= 0.6 is 0 Å². The first-order chi connectivity index (χ1) is 9.15. The second-order valence-electron chi connectivity index (χ2n) is 5.23. The monoisotopic (exact) mass is 265 g/mol. The summed E-state index contributed by atoms with van der Waals surface area (Å²) in [6, 6.07) is 0. The first kappa shape index (κ1) is 14.0. The van der Waals surface area contributed by atoms with Gasteiger partial charge in [-0.25, -0.2) is 0 Å². The number of esters is 1. The molecular formula is C14H23N3O2. The normalized spacial score (nSPS) is 17.6. The average Bonchev–Trinajstić information content (AvgIpc) is 2.99. The van der Waals surface area contributed by atoms with Crippen LogP contribution < -0.4 is 0 Å². The van der Waals surface area contributed by atoms with Crippen LogP contribution in [0.4, 0.5) is 0 Å². The number of rotatable bonds is 5. The van der Waals surface area contributed by atoms with Crippen molar-refractivity contribution in [1.29, 1.82) is 0 Å². The zero-order chi connectivity index (χ0) is 13.9. The molecule has 1 aliphatic rings. The van der Waals surface area contributed by atoms with Crippen molar-refractivity contribution < 1.29 is 9.53 Å². The molecule has 0 amide bonds. The Bertz CT molecular complexity index is 448. The quantitative estimate of drug-likeness (QED) is 0.767. The molecule has 0 aromatic carbocycles. The van der Waals surface area contributed by atoms with Gasteiger partial charge in [-0.05, 0) is 33.1 Å². The number of hydrogen-bond acceptors (Lipinski definition) is 4. The van der Waals surface area contributed by atoms with E-state index in [-0.39, 0.29) is 5.97 Å². The maximum absolute atomic E-state index is 12.4. The lowest BCUT2D eigenvalue weighted by Crippen LogP contribution is -2.38. The summed E-state index contributed by atoms with van der Waals surface area (Å²) in [5.41, 5.74) is -0.563. The summed E-state index contributed by atoms with van der Waals surface area (Å²) < 4.78 is 7.39. The van der Waals surface area contributed by atoms with E-state index >= 15 is 0 Å². The summed E-state index contributed by atoms with van der Waals surface area (Å²) in [7, 11) is 0. The zero-order valence-corrected chi connectivity index (χ0v) is 12.1. The van der Waals surface area contributed by atoms with E-state index < -0.39 is 5.41 Å². The van der Waals surface area contributed by atoms with Crippen LogP contribution in [0.15, 0.2) is 0 Å². The lowest BCUT2D eigenvalue weighted by molar-refractivity contribution is -0.150. The van der Waals surface area contributed by atoms with E-state index in [1.807, 2.05) is 13.8 Å². The highest BCUT2D eigenvalue weighted by Crippen LogP contribution is 2.41. The predicted molar refractivity (Wildman–Crippen MR) is 71.8 cm³/mol. The number of aromatic nitrogens is 3. The average molecular weight is 265 g/mol. The van der Waals surface area contributed by atoms with Crippen molar-refractivity contribution in [3.05, 3.63) is 11.6 Å². The third kappa shape index (κ3) is 2.38. The van der Waals surface area contributed by atoms with Gasteiger partial charge in [0.05, 0.1) is 6.61 Å². The molecule has 0 unspecified atom stereocenters. The molecule has 5 nitrogen and oxygen atoms in total. The van der Waals surface area contributed by atoms with Gasteiger partial charge in [-0.15, -0.1) is 10.2 Å². The number of nitrogens with zero attached hydrogens (tertiary/aromatic N) is 3. The first-order valence-electron chi connectivity index (χ1n) is 7.23. The van der Waals surface area contributed by atoms with E-state index in [0.29, 0.717) is 6.61 Å². The maximum Gasteiger partial charge on any atom is 0.319 e. The Morgan fingerprint density at radius 3 is 2.58 bits per heavy atom. The molecular weight excluding hydrogens is 242 g/mol. The fourth-order valence-corrected chi connectivity index (χ4v) is 2.99. The fourth-order valence-electron chi connectivity index (χ4n) is 2.99. The van der Waals surface area contributed by atoms with E-state index in [2.05, 4.69) is 21.7 Å². The second-order valence-corrected chi connectivity index (χ2v) is 5.23. The van der Waals surface area contributed by atoms with Crippen LogP contribution in [0.25, 0.3) is 0 Å². The van der Waals surface area contributed by atoms with Crippen LogP contribution in [0.1, 0.15) is 57.6 Å². The number of hydrogen-bond donors (Lipinski definition) is 0. The van der Waals surface area contributed by atoms with Crippen LogP contribution in [0, 0.1) is 6.92 Å². The van der Waals surface area contributed by atoms with Crippen molar-refractivity contribution in [1.82, 2.24) is 14.8 Å². The molecule has 0 atom stereocenters. The van der Waals surface area contributed by atoms with Gasteiger partial charge in [0, 0.05) is 6.54 Å². The van der Waals surface area contributed by atoms with E-state index in [4.69, 9.17) is 4.74 Å². The topological polar surface area (TPSA) is 57.0 Å². The Morgan fingerprint density at radius 2 is 2.00 bits per heavy atom. The molecule has 1 saturated carbocycles. The maximum atomic E-state index is 12.4.